The van der Waals surface area contributed by atoms with Gasteiger partial charge in [-0.05, 0) is 18.6 Å². The fourth-order valence-electron chi connectivity index (χ4n) is 0.974. The summed E-state index contributed by atoms with van der Waals surface area (Å²) in [6.07, 6.45) is -2.57. The first-order chi connectivity index (χ1) is 5.54. The molecule has 0 heterocycles. The van der Waals surface area contributed by atoms with Crippen molar-refractivity contribution < 1.29 is 8.78 Å². The van der Waals surface area contributed by atoms with Gasteiger partial charge in [0, 0.05) is 5.56 Å². The van der Waals surface area contributed by atoms with E-state index >= 15 is 0 Å². The molecule has 0 aliphatic carbocycles. The molecule has 1 rings (SSSR count). The Bertz CT molecular complexity index is 299. The summed E-state index contributed by atoms with van der Waals surface area (Å²) in [4.78, 5) is 0. The Balaban J connectivity index is 3.33. The highest BCUT2D eigenvalue weighted by atomic mass is 35.5. The Morgan fingerprint density at radius 2 is 2.00 bits per heavy atom. The molecule has 1 aromatic rings. The minimum Gasteiger partial charge on any atom is -0.398 e. The predicted molar refractivity (Wildman–Crippen MR) is 45.6 cm³/mol. The van der Waals surface area contributed by atoms with Crippen molar-refractivity contribution in [1.29, 1.82) is 0 Å². The Morgan fingerprint density at radius 3 is 2.42 bits per heavy atom. The maximum Gasteiger partial charge on any atom is 0.265 e. The molecule has 1 nitrogen and oxygen atoms in total. The van der Waals surface area contributed by atoms with Gasteiger partial charge in [-0.3, -0.25) is 0 Å². The van der Waals surface area contributed by atoms with Crippen LogP contribution in [0, 0.1) is 6.92 Å². The first-order valence-electron chi connectivity index (χ1n) is 3.36. The topological polar surface area (TPSA) is 26.0 Å². The second-order valence-electron chi connectivity index (χ2n) is 2.50. The average molecular weight is 192 g/mol. The summed E-state index contributed by atoms with van der Waals surface area (Å²) in [5.74, 6) is 0. The van der Waals surface area contributed by atoms with Crippen molar-refractivity contribution in [3.63, 3.8) is 0 Å². The van der Waals surface area contributed by atoms with Crippen LogP contribution in [-0.4, -0.2) is 0 Å². The zero-order valence-corrected chi connectivity index (χ0v) is 7.20. The molecule has 0 aromatic heterocycles. The number of hydrogen-bond donors (Lipinski definition) is 1. The van der Waals surface area contributed by atoms with E-state index in [0.717, 1.165) is 0 Å². The molecule has 0 aliphatic rings. The third-order valence-electron chi connectivity index (χ3n) is 1.65. The molecule has 66 valence electrons. The van der Waals surface area contributed by atoms with E-state index in [1.165, 1.54) is 12.1 Å². The number of rotatable bonds is 1. The molecule has 0 fully saturated rings. The van der Waals surface area contributed by atoms with Crippen molar-refractivity contribution in [3.8, 4) is 0 Å². The van der Waals surface area contributed by atoms with E-state index in [0.29, 0.717) is 5.56 Å². The quantitative estimate of drug-likeness (QED) is 0.678. The molecule has 12 heavy (non-hydrogen) atoms. The first kappa shape index (κ1) is 9.26. The van der Waals surface area contributed by atoms with Gasteiger partial charge in [0.2, 0.25) is 0 Å². The molecule has 0 bridgehead atoms. The van der Waals surface area contributed by atoms with Crippen LogP contribution in [0.1, 0.15) is 17.6 Å². The van der Waals surface area contributed by atoms with Gasteiger partial charge in [-0.15, -0.1) is 0 Å². The minimum atomic E-state index is -2.57. The molecule has 4 heteroatoms. The van der Waals surface area contributed by atoms with Crippen molar-refractivity contribution in [2.24, 2.45) is 0 Å². The van der Waals surface area contributed by atoms with Crippen molar-refractivity contribution in [1.82, 2.24) is 0 Å². The van der Waals surface area contributed by atoms with E-state index in [1.807, 2.05) is 0 Å². The van der Waals surface area contributed by atoms with E-state index in [1.54, 1.807) is 6.92 Å². The number of halogens is 3. The minimum absolute atomic E-state index is 0.0370. The molecule has 0 spiro atoms. The van der Waals surface area contributed by atoms with Gasteiger partial charge in [0.05, 0.1) is 10.7 Å². The number of hydrogen-bond acceptors (Lipinski definition) is 1. The van der Waals surface area contributed by atoms with Gasteiger partial charge >= 0.3 is 0 Å². The van der Waals surface area contributed by atoms with Crippen LogP contribution >= 0.6 is 11.6 Å². The molecule has 0 aliphatic heterocycles. The fraction of sp³-hybridized carbons (Fsp3) is 0.250. The largest absolute Gasteiger partial charge is 0.398 e. The van der Waals surface area contributed by atoms with E-state index < -0.39 is 6.43 Å². The average Bonchev–Trinajstić information content (AvgIpc) is 1.97. The van der Waals surface area contributed by atoms with E-state index in [9.17, 15) is 8.78 Å². The first-order valence-corrected chi connectivity index (χ1v) is 3.74. The molecular weight excluding hydrogens is 184 g/mol. The van der Waals surface area contributed by atoms with Crippen LogP contribution in [0.3, 0.4) is 0 Å². The molecule has 0 atom stereocenters. The Morgan fingerprint density at radius 1 is 1.42 bits per heavy atom. The molecule has 0 amide bonds. The number of nitrogens with two attached hydrogens (primary N) is 1. The zero-order valence-electron chi connectivity index (χ0n) is 6.44. The lowest BCUT2D eigenvalue weighted by molar-refractivity contribution is 0.151. The fourth-order valence-corrected chi connectivity index (χ4v) is 1.27. The monoisotopic (exact) mass is 191 g/mol. The number of anilines is 1. The van der Waals surface area contributed by atoms with Gasteiger partial charge < -0.3 is 5.73 Å². The van der Waals surface area contributed by atoms with Crippen LogP contribution in [0.15, 0.2) is 12.1 Å². The third kappa shape index (κ3) is 1.50. The van der Waals surface area contributed by atoms with E-state index in [2.05, 4.69) is 0 Å². The lowest BCUT2D eigenvalue weighted by Gasteiger charge is -2.08. The maximum absolute atomic E-state index is 12.3. The lowest BCUT2D eigenvalue weighted by atomic mass is 10.1. The van der Waals surface area contributed by atoms with Crippen molar-refractivity contribution in [3.05, 3.63) is 28.3 Å². The van der Waals surface area contributed by atoms with E-state index in [-0.39, 0.29) is 16.3 Å². The Kier molecular flexibility index (Phi) is 2.52. The van der Waals surface area contributed by atoms with Crippen molar-refractivity contribution in [2.45, 2.75) is 13.3 Å². The summed E-state index contributed by atoms with van der Waals surface area (Å²) in [6, 6.07) is 3.05. The van der Waals surface area contributed by atoms with Gasteiger partial charge in [0.15, 0.2) is 0 Å². The number of benzene rings is 1. The molecule has 0 unspecified atom stereocenters. The van der Waals surface area contributed by atoms with Gasteiger partial charge in [-0.2, -0.15) is 0 Å². The molecule has 1 aromatic carbocycles. The smallest absolute Gasteiger partial charge is 0.265 e. The predicted octanol–water partition coefficient (Wildman–Crippen LogP) is 3.17. The van der Waals surface area contributed by atoms with E-state index in [4.69, 9.17) is 17.3 Å². The number of alkyl halides is 2. The highest BCUT2D eigenvalue weighted by Gasteiger charge is 2.16. The van der Waals surface area contributed by atoms with Crippen LogP contribution in [0.25, 0.3) is 0 Å². The Hall–Kier alpha value is -0.830. The standard InChI is InChI=1S/C8H8ClF2N/c1-4-2-3-5(12)7(9)6(4)8(10)11/h2-3,8H,12H2,1H3. The second kappa shape index (κ2) is 3.27. The van der Waals surface area contributed by atoms with Gasteiger partial charge in [0.1, 0.15) is 0 Å². The summed E-state index contributed by atoms with van der Waals surface area (Å²) in [7, 11) is 0. The molecule has 0 radical (unpaired) electrons. The van der Waals surface area contributed by atoms with Crippen molar-refractivity contribution in [2.75, 3.05) is 5.73 Å². The van der Waals surface area contributed by atoms with Gasteiger partial charge in [-0.25, -0.2) is 8.78 Å². The summed E-state index contributed by atoms with van der Waals surface area (Å²) in [5, 5.41) is -0.0370. The summed E-state index contributed by atoms with van der Waals surface area (Å²) < 4.78 is 24.7. The number of nitrogen functional groups attached to an aromatic ring is 1. The van der Waals surface area contributed by atoms with Gasteiger partial charge in [-0.1, -0.05) is 17.7 Å². The van der Waals surface area contributed by atoms with Crippen molar-refractivity contribution >= 4 is 17.3 Å². The van der Waals surface area contributed by atoms with Crippen LogP contribution < -0.4 is 5.73 Å². The molecule has 0 saturated heterocycles. The Labute approximate surface area is 74.1 Å². The summed E-state index contributed by atoms with van der Waals surface area (Å²) >= 11 is 5.59. The zero-order chi connectivity index (χ0) is 9.30. The highest BCUT2D eigenvalue weighted by molar-refractivity contribution is 6.34. The van der Waals surface area contributed by atoms with Crippen LogP contribution in [0.4, 0.5) is 14.5 Å². The SMILES string of the molecule is Cc1ccc(N)c(Cl)c1C(F)F. The summed E-state index contributed by atoms with van der Waals surface area (Å²) in [5.41, 5.74) is 5.85. The third-order valence-corrected chi connectivity index (χ3v) is 2.07. The highest BCUT2D eigenvalue weighted by Crippen LogP contribution is 2.33. The maximum atomic E-state index is 12.3. The van der Waals surface area contributed by atoms with Crippen LogP contribution in [0.5, 0.6) is 0 Å². The van der Waals surface area contributed by atoms with Crippen LogP contribution in [0.2, 0.25) is 5.02 Å². The summed E-state index contributed by atoms with van der Waals surface area (Å²) in [6.45, 7) is 1.58. The van der Waals surface area contributed by atoms with Gasteiger partial charge in [0.25, 0.3) is 6.43 Å². The molecule has 0 saturated carbocycles. The lowest BCUT2D eigenvalue weighted by Crippen LogP contribution is -1.95. The normalized spacial score (nSPS) is 10.8. The molecular formula is C8H8ClF2N. The van der Waals surface area contributed by atoms with Crippen LogP contribution in [-0.2, 0) is 0 Å². The second-order valence-corrected chi connectivity index (χ2v) is 2.88. The number of aryl methyl sites for hydroxylation is 1. The molecule has 2 N–H and O–H groups in total.